The number of non-ortho nitro benzene ring substituents is 1. The zero-order valence-electron chi connectivity index (χ0n) is 26.4. The molecule has 0 spiro atoms. The average Bonchev–Trinajstić information content (AvgIpc) is 2.98. The molecule has 4 rings (SSSR count). The van der Waals surface area contributed by atoms with E-state index < -0.39 is 28.8 Å². The highest BCUT2D eigenvalue weighted by molar-refractivity contribution is 5.65. The molecule has 12 heteroatoms. The summed E-state index contributed by atoms with van der Waals surface area (Å²) in [7, 11) is 0. The fraction of sp³-hybridized carbons (Fsp3) is 0.625. The van der Waals surface area contributed by atoms with Gasteiger partial charge in [-0.15, -0.1) is 0 Å². The molecule has 1 aliphatic carbocycles. The van der Waals surface area contributed by atoms with E-state index >= 15 is 0 Å². The molecule has 3 aliphatic rings. The molecule has 12 nitrogen and oxygen atoms in total. The summed E-state index contributed by atoms with van der Waals surface area (Å²) in [5.74, 6) is -0.242. The van der Waals surface area contributed by atoms with Crippen LogP contribution in [-0.4, -0.2) is 67.2 Å². The quantitative estimate of drug-likeness (QED) is 0.136. The predicted octanol–water partition coefficient (Wildman–Crippen LogP) is 6.38. The fourth-order valence-electron chi connectivity index (χ4n) is 6.29. The van der Waals surface area contributed by atoms with Crippen molar-refractivity contribution in [2.45, 2.75) is 78.2 Å². The summed E-state index contributed by atoms with van der Waals surface area (Å²) in [5.41, 5.74) is 0.547. The average molecular weight is 616 g/mol. The summed E-state index contributed by atoms with van der Waals surface area (Å²) in [4.78, 5) is 39.7. The molecule has 2 fully saturated rings. The van der Waals surface area contributed by atoms with Crippen molar-refractivity contribution in [1.82, 2.24) is 10.2 Å². The summed E-state index contributed by atoms with van der Waals surface area (Å²) in [6.45, 7) is 13.6. The lowest BCUT2D eigenvalue weighted by Crippen LogP contribution is -2.44. The minimum atomic E-state index is -0.954. The third-order valence-corrected chi connectivity index (χ3v) is 8.71. The van der Waals surface area contributed by atoms with E-state index in [0.717, 1.165) is 45.3 Å². The SMILES string of the molecule is CC1=C(OC(=O)OCCCN2CCOCC2)C(c2cccc([N+](=O)[O-])c2)C(OC(=O)O[C@@]2(C(C)C)CCCC(C)C2)=C(C)N1. The number of hydrogen-bond donors (Lipinski definition) is 1. The fourth-order valence-corrected chi connectivity index (χ4v) is 6.29. The number of carbonyl (C=O) groups excluding carboxylic acids is 2. The van der Waals surface area contributed by atoms with Gasteiger partial charge in [-0.05, 0) is 56.9 Å². The first-order valence-electron chi connectivity index (χ1n) is 15.5. The largest absolute Gasteiger partial charge is 0.514 e. The van der Waals surface area contributed by atoms with Gasteiger partial charge in [0.15, 0.2) is 0 Å². The topological polar surface area (TPSA) is 139 Å². The smallest absolute Gasteiger partial charge is 0.434 e. The van der Waals surface area contributed by atoms with Gasteiger partial charge >= 0.3 is 12.3 Å². The Morgan fingerprint density at radius 2 is 1.82 bits per heavy atom. The number of rotatable bonds is 10. The Balaban J connectivity index is 1.54. The third-order valence-electron chi connectivity index (χ3n) is 8.71. The number of dihydropyridines is 1. The van der Waals surface area contributed by atoms with E-state index in [1.807, 2.05) is 13.8 Å². The molecule has 0 amide bonds. The van der Waals surface area contributed by atoms with Crippen LogP contribution in [0.5, 0.6) is 0 Å². The van der Waals surface area contributed by atoms with Gasteiger partial charge in [-0.3, -0.25) is 15.0 Å². The second kappa shape index (κ2) is 14.9. The van der Waals surface area contributed by atoms with E-state index in [2.05, 4.69) is 17.1 Å². The molecule has 1 saturated carbocycles. The maximum atomic E-state index is 13.4. The second-order valence-electron chi connectivity index (χ2n) is 12.3. The molecule has 1 aromatic carbocycles. The monoisotopic (exact) mass is 615 g/mol. The number of hydrogen-bond acceptors (Lipinski definition) is 11. The summed E-state index contributed by atoms with van der Waals surface area (Å²) < 4.78 is 28.5. The van der Waals surface area contributed by atoms with Crippen molar-refractivity contribution in [2.24, 2.45) is 11.8 Å². The molecule has 0 radical (unpaired) electrons. The Hall–Kier alpha value is -3.64. The summed E-state index contributed by atoms with van der Waals surface area (Å²) in [6, 6.07) is 5.94. The van der Waals surface area contributed by atoms with Crippen LogP contribution in [0.3, 0.4) is 0 Å². The summed E-state index contributed by atoms with van der Waals surface area (Å²) >= 11 is 0. The summed E-state index contributed by atoms with van der Waals surface area (Å²) in [5, 5.41) is 14.8. The molecule has 2 unspecified atom stereocenters. The molecule has 242 valence electrons. The maximum Gasteiger partial charge on any atom is 0.514 e. The van der Waals surface area contributed by atoms with Crippen molar-refractivity contribution in [3.63, 3.8) is 0 Å². The first-order chi connectivity index (χ1) is 21.0. The number of nitro benzene ring substituents is 1. The van der Waals surface area contributed by atoms with Crippen LogP contribution in [0.25, 0.3) is 0 Å². The predicted molar refractivity (Wildman–Crippen MR) is 161 cm³/mol. The van der Waals surface area contributed by atoms with Crippen LogP contribution >= 0.6 is 0 Å². The van der Waals surface area contributed by atoms with Gasteiger partial charge in [0.2, 0.25) is 0 Å². The van der Waals surface area contributed by atoms with Crippen LogP contribution < -0.4 is 5.32 Å². The number of nitrogens with one attached hydrogen (secondary N) is 1. The highest BCUT2D eigenvalue weighted by atomic mass is 16.7. The van der Waals surface area contributed by atoms with Crippen molar-refractivity contribution in [2.75, 3.05) is 39.5 Å². The Bertz CT molecular complexity index is 1270. The summed E-state index contributed by atoms with van der Waals surface area (Å²) in [6.07, 6.45) is 2.31. The normalized spacial score (nSPS) is 24.5. The van der Waals surface area contributed by atoms with Crippen molar-refractivity contribution < 1.29 is 38.2 Å². The Labute approximate surface area is 258 Å². The maximum absolute atomic E-state index is 13.4. The van der Waals surface area contributed by atoms with Crippen LogP contribution in [0.2, 0.25) is 0 Å². The van der Waals surface area contributed by atoms with Crippen LogP contribution in [0.1, 0.15) is 78.2 Å². The molecule has 1 saturated heterocycles. The van der Waals surface area contributed by atoms with Crippen molar-refractivity contribution in [3.05, 3.63) is 62.9 Å². The van der Waals surface area contributed by atoms with E-state index in [0.29, 0.717) is 42.5 Å². The standard InChI is InChI=1S/C32H45N3O9/c1-21(2)32(12-7-9-22(3)20-32)44-31(37)43-29-24(5)33-23(4)28(27(29)25-10-6-11-26(19-25)35(38)39)42-30(36)41-16-8-13-34-14-17-40-18-15-34/h6,10-11,19,21-22,27,33H,7-9,12-18,20H2,1-5H3/t22?,27?,32-/m0/s1. The van der Waals surface area contributed by atoms with E-state index in [4.69, 9.17) is 23.7 Å². The van der Waals surface area contributed by atoms with Gasteiger partial charge in [-0.2, -0.15) is 0 Å². The van der Waals surface area contributed by atoms with Crippen LogP contribution in [0.4, 0.5) is 15.3 Å². The number of morpholine rings is 1. The van der Waals surface area contributed by atoms with E-state index in [1.165, 1.54) is 18.2 Å². The number of nitrogens with zero attached hydrogens (tertiary/aromatic N) is 2. The Morgan fingerprint density at radius 3 is 2.45 bits per heavy atom. The molecule has 0 bridgehead atoms. The van der Waals surface area contributed by atoms with Gasteiger partial charge in [-0.25, -0.2) is 9.59 Å². The third kappa shape index (κ3) is 8.29. The van der Waals surface area contributed by atoms with Gasteiger partial charge < -0.3 is 29.0 Å². The zero-order valence-corrected chi connectivity index (χ0v) is 26.4. The second-order valence-corrected chi connectivity index (χ2v) is 12.3. The van der Waals surface area contributed by atoms with E-state index in [-0.39, 0.29) is 29.7 Å². The van der Waals surface area contributed by atoms with Gasteiger partial charge in [0, 0.05) is 31.8 Å². The number of carbonyl (C=O) groups is 2. The van der Waals surface area contributed by atoms with Gasteiger partial charge in [0.1, 0.15) is 23.0 Å². The van der Waals surface area contributed by atoms with Crippen LogP contribution in [0.15, 0.2) is 47.2 Å². The minimum Gasteiger partial charge on any atom is -0.434 e. The number of ether oxygens (including phenoxy) is 5. The van der Waals surface area contributed by atoms with Crippen LogP contribution in [0, 0.1) is 22.0 Å². The molecule has 0 aromatic heterocycles. The lowest BCUT2D eigenvalue weighted by molar-refractivity contribution is -0.384. The first-order valence-corrected chi connectivity index (χ1v) is 15.5. The molecule has 1 aromatic rings. The zero-order chi connectivity index (χ0) is 31.9. The van der Waals surface area contributed by atoms with E-state index in [1.54, 1.807) is 19.9 Å². The molecule has 1 N–H and O–H groups in total. The van der Waals surface area contributed by atoms with Crippen molar-refractivity contribution in [1.29, 1.82) is 0 Å². The minimum absolute atomic E-state index is 0.0731. The Morgan fingerprint density at radius 1 is 1.14 bits per heavy atom. The molecule has 2 heterocycles. The van der Waals surface area contributed by atoms with Crippen LogP contribution in [-0.2, 0) is 23.7 Å². The molecular weight excluding hydrogens is 570 g/mol. The van der Waals surface area contributed by atoms with Gasteiger partial charge in [0.25, 0.3) is 5.69 Å². The molecule has 44 heavy (non-hydrogen) atoms. The molecule has 2 aliphatic heterocycles. The number of nitro groups is 1. The van der Waals surface area contributed by atoms with Gasteiger partial charge in [0.05, 0.1) is 36.1 Å². The van der Waals surface area contributed by atoms with Crippen molar-refractivity contribution in [3.8, 4) is 0 Å². The first kappa shape index (κ1) is 33.3. The number of allylic oxidation sites excluding steroid dienone is 2. The lowest BCUT2D eigenvalue weighted by atomic mass is 9.73. The lowest BCUT2D eigenvalue weighted by Gasteiger charge is -2.42. The van der Waals surface area contributed by atoms with E-state index in [9.17, 15) is 19.7 Å². The Kier molecular flexibility index (Phi) is 11.3. The van der Waals surface area contributed by atoms with Gasteiger partial charge in [-0.1, -0.05) is 39.3 Å². The van der Waals surface area contributed by atoms with Crippen molar-refractivity contribution >= 4 is 18.0 Å². The number of benzene rings is 1. The highest BCUT2D eigenvalue weighted by Crippen LogP contribution is 2.43. The highest BCUT2D eigenvalue weighted by Gasteiger charge is 2.43. The molecular formula is C32H45N3O9. The molecule has 3 atom stereocenters.